The first-order valence-electron chi connectivity index (χ1n) is 6.69. The van der Waals surface area contributed by atoms with Crippen LogP contribution in [0.3, 0.4) is 0 Å². The SMILES string of the molecule is COCCNCC=Cc1cc(OC)c2c(c1)OCCO2. The van der Waals surface area contributed by atoms with Gasteiger partial charge in [-0.3, -0.25) is 0 Å². The lowest BCUT2D eigenvalue weighted by Crippen LogP contribution is -2.18. The second-order valence-electron chi connectivity index (χ2n) is 4.35. The van der Waals surface area contributed by atoms with Crippen LogP contribution in [0.1, 0.15) is 5.56 Å². The minimum absolute atomic E-state index is 0.558. The molecule has 0 saturated carbocycles. The van der Waals surface area contributed by atoms with Crippen LogP contribution in [0.5, 0.6) is 17.2 Å². The number of rotatable bonds is 7. The number of hydrogen-bond donors (Lipinski definition) is 1. The Morgan fingerprint density at radius 1 is 1.25 bits per heavy atom. The summed E-state index contributed by atoms with van der Waals surface area (Å²) in [5.41, 5.74) is 1.03. The molecule has 0 radical (unpaired) electrons. The zero-order valence-electron chi connectivity index (χ0n) is 12.0. The average Bonchev–Trinajstić information content (AvgIpc) is 2.50. The number of hydrogen-bond acceptors (Lipinski definition) is 5. The first kappa shape index (κ1) is 14.7. The van der Waals surface area contributed by atoms with E-state index in [4.69, 9.17) is 18.9 Å². The van der Waals surface area contributed by atoms with E-state index in [9.17, 15) is 0 Å². The highest BCUT2D eigenvalue weighted by molar-refractivity contribution is 5.62. The van der Waals surface area contributed by atoms with Crippen LogP contribution in [0.4, 0.5) is 0 Å². The number of benzene rings is 1. The third-order valence-corrected chi connectivity index (χ3v) is 2.91. The second kappa shape index (κ2) is 7.77. The number of fused-ring (bicyclic) bond motifs is 1. The fraction of sp³-hybridized carbons (Fsp3) is 0.467. The topological polar surface area (TPSA) is 49.0 Å². The fourth-order valence-corrected chi connectivity index (χ4v) is 1.94. The van der Waals surface area contributed by atoms with Crippen LogP contribution in [0.25, 0.3) is 6.08 Å². The Balaban J connectivity index is 1.99. The zero-order chi connectivity index (χ0) is 14.2. The van der Waals surface area contributed by atoms with E-state index in [-0.39, 0.29) is 0 Å². The molecule has 0 atom stereocenters. The van der Waals surface area contributed by atoms with Crippen molar-refractivity contribution >= 4 is 6.08 Å². The average molecular weight is 279 g/mol. The summed E-state index contributed by atoms with van der Waals surface area (Å²) in [6, 6.07) is 3.90. The van der Waals surface area contributed by atoms with Crippen molar-refractivity contribution in [2.75, 3.05) is 47.1 Å². The first-order valence-corrected chi connectivity index (χ1v) is 6.69. The second-order valence-corrected chi connectivity index (χ2v) is 4.35. The number of methoxy groups -OCH3 is 2. The van der Waals surface area contributed by atoms with Gasteiger partial charge in [-0.05, 0) is 17.7 Å². The molecule has 5 nitrogen and oxygen atoms in total. The van der Waals surface area contributed by atoms with Crippen LogP contribution < -0.4 is 19.5 Å². The van der Waals surface area contributed by atoms with Gasteiger partial charge >= 0.3 is 0 Å². The van der Waals surface area contributed by atoms with Crippen LogP contribution in [0.2, 0.25) is 0 Å². The van der Waals surface area contributed by atoms with E-state index in [0.717, 1.165) is 24.4 Å². The third kappa shape index (κ3) is 3.88. The van der Waals surface area contributed by atoms with Crippen molar-refractivity contribution in [1.29, 1.82) is 0 Å². The summed E-state index contributed by atoms with van der Waals surface area (Å²) in [5.74, 6) is 2.13. The smallest absolute Gasteiger partial charge is 0.203 e. The van der Waals surface area contributed by atoms with Crippen LogP contribution in [-0.2, 0) is 4.74 Å². The lowest BCUT2D eigenvalue weighted by atomic mass is 10.1. The van der Waals surface area contributed by atoms with Gasteiger partial charge in [-0.1, -0.05) is 12.2 Å². The van der Waals surface area contributed by atoms with E-state index in [1.165, 1.54) is 0 Å². The van der Waals surface area contributed by atoms with Gasteiger partial charge in [-0.15, -0.1) is 0 Å². The fourth-order valence-electron chi connectivity index (χ4n) is 1.94. The molecule has 0 spiro atoms. The molecule has 0 aromatic heterocycles. The summed E-state index contributed by atoms with van der Waals surface area (Å²) in [5, 5.41) is 3.25. The normalized spacial score (nSPS) is 13.7. The van der Waals surface area contributed by atoms with E-state index < -0.39 is 0 Å². The molecule has 1 N–H and O–H groups in total. The standard InChI is InChI=1S/C15H21NO4/c1-17-7-6-16-5-3-4-12-10-13(18-2)15-14(11-12)19-8-9-20-15/h3-4,10-11,16H,5-9H2,1-2H3. The molecule has 1 aromatic rings. The van der Waals surface area contributed by atoms with Crippen molar-refractivity contribution in [3.05, 3.63) is 23.8 Å². The van der Waals surface area contributed by atoms with Gasteiger partial charge in [-0.2, -0.15) is 0 Å². The predicted octanol–water partition coefficient (Wildman–Crippen LogP) is 1.72. The molecule has 0 fully saturated rings. The molecule has 0 amide bonds. The van der Waals surface area contributed by atoms with Crippen molar-refractivity contribution in [3.63, 3.8) is 0 Å². The Morgan fingerprint density at radius 3 is 2.90 bits per heavy atom. The summed E-state index contributed by atoms with van der Waals surface area (Å²) in [6.07, 6.45) is 4.08. The molecular formula is C15H21NO4. The van der Waals surface area contributed by atoms with Crippen molar-refractivity contribution in [2.24, 2.45) is 0 Å². The molecule has 1 aromatic carbocycles. The Kier molecular flexibility index (Phi) is 5.70. The Bertz CT molecular complexity index is 442. The minimum atomic E-state index is 0.558. The van der Waals surface area contributed by atoms with Crippen LogP contribution in [-0.4, -0.2) is 47.1 Å². The summed E-state index contributed by atoms with van der Waals surface area (Å²) in [4.78, 5) is 0. The van der Waals surface area contributed by atoms with Crippen molar-refractivity contribution in [3.8, 4) is 17.2 Å². The molecule has 0 unspecified atom stereocenters. The maximum atomic E-state index is 5.59. The Labute approximate surface area is 119 Å². The minimum Gasteiger partial charge on any atom is -0.493 e. The van der Waals surface area contributed by atoms with Crippen molar-refractivity contribution < 1.29 is 18.9 Å². The largest absolute Gasteiger partial charge is 0.493 e. The van der Waals surface area contributed by atoms with Gasteiger partial charge < -0.3 is 24.3 Å². The van der Waals surface area contributed by atoms with Gasteiger partial charge in [0.05, 0.1) is 13.7 Å². The quantitative estimate of drug-likeness (QED) is 0.770. The highest BCUT2D eigenvalue weighted by Crippen LogP contribution is 2.40. The maximum Gasteiger partial charge on any atom is 0.203 e. The zero-order valence-corrected chi connectivity index (χ0v) is 12.0. The molecule has 5 heteroatoms. The van der Waals surface area contributed by atoms with E-state index in [0.29, 0.717) is 31.3 Å². The monoisotopic (exact) mass is 279 g/mol. The molecule has 1 aliphatic rings. The molecule has 20 heavy (non-hydrogen) atoms. The van der Waals surface area contributed by atoms with Gasteiger partial charge in [-0.25, -0.2) is 0 Å². The molecule has 1 heterocycles. The molecule has 0 saturated heterocycles. The maximum absolute atomic E-state index is 5.59. The number of nitrogens with one attached hydrogen (secondary N) is 1. The van der Waals surface area contributed by atoms with Crippen molar-refractivity contribution in [2.45, 2.75) is 0 Å². The van der Waals surface area contributed by atoms with Gasteiger partial charge in [0.15, 0.2) is 11.5 Å². The van der Waals surface area contributed by atoms with Crippen LogP contribution in [0, 0.1) is 0 Å². The van der Waals surface area contributed by atoms with Gasteiger partial charge in [0, 0.05) is 20.2 Å². The molecule has 1 aliphatic heterocycles. The Morgan fingerprint density at radius 2 is 2.10 bits per heavy atom. The van der Waals surface area contributed by atoms with E-state index >= 15 is 0 Å². The molecule has 0 bridgehead atoms. The molecule has 110 valence electrons. The van der Waals surface area contributed by atoms with Gasteiger partial charge in [0.1, 0.15) is 13.2 Å². The number of ether oxygens (including phenoxy) is 4. The molecular weight excluding hydrogens is 258 g/mol. The van der Waals surface area contributed by atoms with E-state index in [1.807, 2.05) is 18.2 Å². The summed E-state index contributed by atoms with van der Waals surface area (Å²) >= 11 is 0. The summed E-state index contributed by atoms with van der Waals surface area (Å²) < 4.78 is 21.5. The predicted molar refractivity (Wildman–Crippen MR) is 77.8 cm³/mol. The van der Waals surface area contributed by atoms with Crippen LogP contribution in [0.15, 0.2) is 18.2 Å². The lowest BCUT2D eigenvalue weighted by Gasteiger charge is -2.20. The lowest BCUT2D eigenvalue weighted by molar-refractivity contribution is 0.165. The summed E-state index contributed by atoms with van der Waals surface area (Å²) in [7, 11) is 3.33. The van der Waals surface area contributed by atoms with E-state index in [2.05, 4.69) is 11.4 Å². The van der Waals surface area contributed by atoms with E-state index in [1.54, 1.807) is 14.2 Å². The Hall–Kier alpha value is -1.72. The molecule has 2 rings (SSSR count). The molecule has 0 aliphatic carbocycles. The highest BCUT2D eigenvalue weighted by Gasteiger charge is 2.17. The van der Waals surface area contributed by atoms with Crippen LogP contribution >= 0.6 is 0 Å². The summed E-state index contributed by atoms with van der Waals surface area (Å²) in [6.45, 7) is 3.47. The first-order chi connectivity index (χ1) is 9.85. The van der Waals surface area contributed by atoms with Crippen molar-refractivity contribution in [1.82, 2.24) is 5.32 Å². The van der Waals surface area contributed by atoms with Gasteiger partial charge in [0.2, 0.25) is 5.75 Å². The highest BCUT2D eigenvalue weighted by atomic mass is 16.6. The third-order valence-electron chi connectivity index (χ3n) is 2.91. The van der Waals surface area contributed by atoms with Gasteiger partial charge in [0.25, 0.3) is 0 Å².